The molecule has 5 nitrogen and oxygen atoms in total. The number of thiophene rings is 1. The molecule has 1 aromatic carbocycles. The van der Waals surface area contributed by atoms with E-state index in [2.05, 4.69) is 10.3 Å². The van der Waals surface area contributed by atoms with Crippen molar-refractivity contribution in [1.29, 1.82) is 0 Å². The highest BCUT2D eigenvalue weighted by Gasteiger charge is 2.17. The molecule has 0 saturated carbocycles. The quantitative estimate of drug-likeness (QED) is 0.569. The van der Waals surface area contributed by atoms with E-state index in [9.17, 15) is 10.1 Å². The number of anilines is 1. The number of hydrogen-bond acceptors (Lipinski definition) is 5. The summed E-state index contributed by atoms with van der Waals surface area (Å²) < 4.78 is 0.695. The summed E-state index contributed by atoms with van der Waals surface area (Å²) in [7, 11) is 0. The van der Waals surface area contributed by atoms with Crippen molar-refractivity contribution in [2.75, 3.05) is 5.32 Å². The van der Waals surface area contributed by atoms with Crippen LogP contribution in [-0.4, -0.2) is 9.91 Å². The van der Waals surface area contributed by atoms with Gasteiger partial charge < -0.3 is 5.32 Å². The lowest BCUT2D eigenvalue weighted by Gasteiger charge is -2.09. The summed E-state index contributed by atoms with van der Waals surface area (Å²) in [5.74, 6) is 0. The molecular formula is C14H10ClN3O2S. The molecule has 0 radical (unpaired) electrons. The summed E-state index contributed by atoms with van der Waals surface area (Å²) in [5.41, 5.74) is 1.17. The minimum Gasteiger partial charge on any atom is -0.374 e. The van der Waals surface area contributed by atoms with Gasteiger partial charge in [0, 0.05) is 16.8 Å². The molecule has 2 heterocycles. The first-order valence-electron chi connectivity index (χ1n) is 6.15. The van der Waals surface area contributed by atoms with E-state index in [0.29, 0.717) is 16.6 Å². The lowest BCUT2D eigenvalue weighted by Crippen LogP contribution is -2.03. The highest BCUT2D eigenvalue weighted by Crippen LogP contribution is 2.32. The maximum atomic E-state index is 11.2. The Morgan fingerprint density at radius 1 is 1.29 bits per heavy atom. The van der Waals surface area contributed by atoms with Crippen LogP contribution in [0.15, 0.2) is 42.6 Å². The average Bonchev–Trinajstić information content (AvgIpc) is 2.90. The second-order valence-corrected chi connectivity index (χ2v) is 6.15. The molecule has 1 N–H and O–H groups in total. The van der Waals surface area contributed by atoms with Crippen LogP contribution >= 0.6 is 22.9 Å². The fraction of sp³-hybridized carbons (Fsp3) is 0.0714. The van der Waals surface area contributed by atoms with Gasteiger partial charge in [0.05, 0.1) is 14.8 Å². The van der Waals surface area contributed by atoms with E-state index in [-0.39, 0.29) is 5.69 Å². The first-order valence-corrected chi connectivity index (χ1v) is 7.35. The Morgan fingerprint density at radius 3 is 2.81 bits per heavy atom. The molecule has 2 aromatic heterocycles. The number of para-hydroxylation sites is 1. The van der Waals surface area contributed by atoms with Crippen LogP contribution in [0.1, 0.15) is 4.88 Å². The van der Waals surface area contributed by atoms with E-state index in [4.69, 9.17) is 11.6 Å². The number of fused-ring (bicyclic) bond motifs is 1. The van der Waals surface area contributed by atoms with Crippen molar-refractivity contribution in [3.8, 4) is 0 Å². The van der Waals surface area contributed by atoms with Crippen molar-refractivity contribution < 1.29 is 4.92 Å². The Morgan fingerprint density at radius 2 is 2.10 bits per heavy atom. The molecule has 0 aliphatic carbocycles. The molecule has 0 aliphatic rings. The predicted octanol–water partition coefficient (Wildman–Crippen LogP) is 4.47. The third-order valence-corrected chi connectivity index (χ3v) is 4.25. The lowest BCUT2D eigenvalue weighted by atomic mass is 10.1. The lowest BCUT2D eigenvalue weighted by molar-refractivity contribution is -0.384. The monoisotopic (exact) mass is 319 g/mol. The molecule has 0 bridgehead atoms. The molecule has 3 rings (SSSR count). The van der Waals surface area contributed by atoms with Crippen molar-refractivity contribution in [2.45, 2.75) is 6.54 Å². The highest BCUT2D eigenvalue weighted by molar-refractivity contribution is 7.16. The van der Waals surface area contributed by atoms with E-state index in [1.165, 1.54) is 17.5 Å². The minimum absolute atomic E-state index is 0.0312. The standard InChI is InChI=1S/C14H10ClN3O2S/c15-13-6-5-9(21-13)7-17-14-10-3-1-2-4-11(10)16-8-12(14)18(19)20/h1-6,8H,7H2,(H,16,17). The van der Waals surface area contributed by atoms with Crippen LogP contribution in [0, 0.1) is 10.1 Å². The Bertz CT molecular complexity index is 819. The molecular weight excluding hydrogens is 310 g/mol. The SMILES string of the molecule is O=[N+]([O-])c1cnc2ccccc2c1NCc1ccc(Cl)s1. The normalized spacial score (nSPS) is 10.7. The molecule has 0 aliphatic heterocycles. The van der Waals surface area contributed by atoms with Gasteiger partial charge in [0.15, 0.2) is 0 Å². The molecule has 0 atom stereocenters. The fourth-order valence-electron chi connectivity index (χ4n) is 2.08. The molecule has 0 saturated heterocycles. The van der Waals surface area contributed by atoms with Gasteiger partial charge in [0.2, 0.25) is 0 Å². The largest absolute Gasteiger partial charge is 0.374 e. The number of pyridine rings is 1. The van der Waals surface area contributed by atoms with Gasteiger partial charge >= 0.3 is 5.69 Å². The third-order valence-electron chi connectivity index (χ3n) is 3.02. The zero-order valence-corrected chi connectivity index (χ0v) is 12.3. The number of benzene rings is 1. The molecule has 106 valence electrons. The van der Waals surface area contributed by atoms with E-state index in [0.717, 1.165) is 15.8 Å². The van der Waals surface area contributed by atoms with Crippen molar-refractivity contribution in [1.82, 2.24) is 4.98 Å². The number of hydrogen-bond donors (Lipinski definition) is 1. The van der Waals surface area contributed by atoms with Crippen LogP contribution < -0.4 is 5.32 Å². The van der Waals surface area contributed by atoms with Crippen LogP contribution in [0.2, 0.25) is 4.34 Å². The first-order chi connectivity index (χ1) is 10.1. The van der Waals surface area contributed by atoms with Gasteiger partial charge in [-0.2, -0.15) is 0 Å². The van der Waals surface area contributed by atoms with Gasteiger partial charge in [-0.05, 0) is 18.2 Å². The van der Waals surface area contributed by atoms with E-state index in [1.54, 1.807) is 0 Å². The van der Waals surface area contributed by atoms with Crippen LogP contribution in [0.4, 0.5) is 11.4 Å². The third kappa shape index (κ3) is 2.81. The van der Waals surface area contributed by atoms with Crippen molar-refractivity contribution in [2.24, 2.45) is 0 Å². The zero-order chi connectivity index (χ0) is 14.8. The summed E-state index contributed by atoms with van der Waals surface area (Å²) >= 11 is 7.34. The molecule has 0 fully saturated rings. The van der Waals surface area contributed by atoms with Gasteiger partial charge in [-0.1, -0.05) is 29.8 Å². The smallest absolute Gasteiger partial charge is 0.311 e. The van der Waals surface area contributed by atoms with Crippen LogP contribution in [0.25, 0.3) is 10.9 Å². The summed E-state index contributed by atoms with van der Waals surface area (Å²) in [6.45, 7) is 0.478. The maximum absolute atomic E-state index is 11.2. The number of nitrogens with one attached hydrogen (secondary N) is 1. The Labute approximate surface area is 129 Å². The molecule has 0 amide bonds. The van der Waals surface area contributed by atoms with Crippen molar-refractivity contribution in [3.63, 3.8) is 0 Å². The van der Waals surface area contributed by atoms with Gasteiger partial charge in [-0.25, -0.2) is 4.98 Å². The Hall–Kier alpha value is -2.18. The van der Waals surface area contributed by atoms with E-state index >= 15 is 0 Å². The number of nitro groups is 1. The van der Waals surface area contributed by atoms with E-state index < -0.39 is 4.92 Å². The Kier molecular flexibility index (Phi) is 3.72. The number of rotatable bonds is 4. The summed E-state index contributed by atoms with van der Waals surface area (Å²) in [6.07, 6.45) is 1.28. The molecule has 7 heteroatoms. The van der Waals surface area contributed by atoms with Gasteiger partial charge in [-0.15, -0.1) is 11.3 Å². The van der Waals surface area contributed by atoms with Crippen LogP contribution in [-0.2, 0) is 6.54 Å². The average molecular weight is 320 g/mol. The fourth-order valence-corrected chi connectivity index (χ4v) is 3.10. The summed E-state index contributed by atoms with van der Waals surface area (Å²) in [5, 5.41) is 15.1. The van der Waals surface area contributed by atoms with Crippen LogP contribution in [0.3, 0.4) is 0 Å². The second-order valence-electron chi connectivity index (χ2n) is 4.35. The minimum atomic E-state index is -0.427. The number of aromatic nitrogens is 1. The number of nitrogens with zero attached hydrogens (tertiary/aromatic N) is 2. The van der Waals surface area contributed by atoms with Gasteiger partial charge in [0.1, 0.15) is 11.9 Å². The predicted molar refractivity (Wildman–Crippen MR) is 85.1 cm³/mol. The molecule has 3 aromatic rings. The maximum Gasteiger partial charge on any atom is 0.311 e. The Balaban J connectivity index is 2.01. The number of halogens is 1. The van der Waals surface area contributed by atoms with Crippen molar-refractivity contribution in [3.05, 3.63) is 61.9 Å². The van der Waals surface area contributed by atoms with Gasteiger partial charge in [0.25, 0.3) is 0 Å². The van der Waals surface area contributed by atoms with Crippen molar-refractivity contribution >= 4 is 45.2 Å². The summed E-state index contributed by atoms with van der Waals surface area (Å²) in [4.78, 5) is 15.9. The highest BCUT2D eigenvalue weighted by atomic mass is 35.5. The zero-order valence-electron chi connectivity index (χ0n) is 10.7. The molecule has 0 unspecified atom stereocenters. The second kappa shape index (κ2) is 5.67. The van der Waals surface area contributed by atoms with Crippen LogP contribution in [0.5, 0.6) is 0 Å². The molecule has 0 spiro atoms. The first kappa shape index (κ1) is 13.8. The molecule has 21 heavy (non-hydrogen) atoms. The topological polar surface area (TPSA) is 68.1 Å². The summed E-state index contributed by atoms with van der Waals surface area (Å²) in [6, 6.07) is 11.0. The van der Waals surface area contributed by atoms with E-state index in [1.807, 2.05) is 36.4 Å². The van der Waals surface area contributed by atoms with Gasteiger partial charge in [-0.3, -0.25) is 10.1 Å².